The van der Waals surface area contributed by atoms with Gasteiger partial charge >= 0.3 is 0 Å². The van der Waals surface area contributed by atoms with Gasteiger partial charge in [-0.2, -0.15) is 4.98 Å². The quantitative estimate of drug-likeness (QED) is 0.725. The molecule has 110 valence electrons. The first kappa shape index (κ1) is 13.8. The summed E-state index contributed by atoms with van der Waals surface area (Å²) >= 11 is 0. The Kier molecular flexibility index (Phi) is 3.96. The van der Waals surface area contributed by atoms with Crippen molar-refractivity contribution in [3.05, 3.63) is 41.8 Å². The Hall–Kier alpha value is -2.21. The lowest BCUT2D eigenvalue weighted by Crippen LogP contribution is -2.27. The van der Waals surface area contributed by atoms with Crippen molar-refractivity contribution < 1.29 is 4.52 Å². The molecule has 0 aliphatic carbocycles. The van der Waals surface area contributed by atoms with E-state index >= 15 is 0 Å². The fourth-order valence-electron chi connectivity index (χ4n) is 2.37. The third-order valence-corrected chi connectivity index (χ3v) is 3.31. The van der Waals surface area contributed by atoms with E-state index in [0.717, 1.165) is 29.8 Å². The summed E-state index contributed by atoms with van der Waals surface area (Å²) in [5, 5.41) is 7.35. The van der Waals surface area contributed by atoms with Crippen LogP contribution in [0.2, 0.25) is 0 Å². The molecule has 0 saturated heterocycles. The third kappa shape index (κ3) is 3.28. The summed E-state index contributed by atoms with van der Waals surface area (Å²) in [5.74, 6) is 2.17. The van der Waals surface area contributed by atoms with Crippen molar-refractivity contribution in [3.63, 3.8) is 0 Å². The molecule has 0 bridgehead atoms. The largest absolute Gasteiger partial charge is 0.342 e. The minimum Gasteiger partial charge on any atom is -0.342 e. The number of imidazole rings is 1. The maximum Gasteiger partial charge on any atom is 0.228 e. The molecule has 1 aromatic carbocycles. The molecule has 0 amide bonds. The van der Waals surface area contributed by atoms with E-state index in [1.54, 1.807) is 0 Å². The number of rotatable bonds is 6. The fourth-order valence-corrected chi connectivity index (χ4v) is 2.37. The van der Waals surface area contributed by atoms with E-state index in [1.807, 2.05) is 24.3 Å². The lowest BCUT2D eigenvalue weighted by atomic mass is 10.2. The average Bonchev–Trinajstić information content (AvgIpc) is 3.05. The molecule has 21 heavy (non-hydrogen) atoms. The van der Waals surface area contributed by atoms with Crippen LogP contribution in [0.1, 0.15) is 31.4 Å². The normalized spacial score (nSPS) is 12.9. The molecule has 3 rings (SSSR count). The van der Waals surface area contributed by atoms with Gasteiger partial charge in [0, 0.05) is 12.5 Å². The molecule has 1 atom stereocenters. The van der Waals surface area contributed by atoms with Gasteiger partial charge in [0.2, 0.25) is 5.89 Å². The molecule has 2 aromatic heterocycles. The monoisotopic (exact) mass is 285 g/mol. The highest BCUT2D eigenvalue weighted by Crippen LogP contribution is 2.12. The molecular formula is C15H19N5O. The van der Waals surface area contributed by atoms with Crippen molar-refractivity contribution in [2.45, 2.75) is 32.7 Å². The molecule has 6 heteroatoms. The van der Waals surface area contributed by atoms with E-state index in [4.69, 9.17) is 4.52 Å². The Balaban J connectivity index is 1.69. The average molecular weight is 285 g/mol. The molecule has 0 saturated carbocycles. The van der Waals surface area contributed by atoms with Crippen LogP contribution in [-0.4, -0.2) is 32.7 Å². The van der Waals surface area contributed by atoms with Crippen molar-refractivity contribution in [1.82, 2.24) is 25.4 Å². The van der Waals surface area contributed by atoms with Gasteiger partial charge in [0.25, 0.3) is 0 Å². The summed E-state index contributed by atoms with van der Waals surface area (Å²) in [6.45, 7) is 5.12. The van der Waals surface area contributed by atoms with E-state index in [-0.39, 0.29) is 0 Å². The van der Waals surface area contributed by atoms with E-state index in [9.17, 15) is 0 Å². The number of H-pyrrole nitrogens is 1. The molecular weight excluding hydrogens is 266 g/mol. The van der Waals surface area contributed by atoms with Gasteiger partial charge in [-0.1, -0.05) is 24.2 Å². The highest BCUT2D eigenvalue weighted by Gasteiger charge is 2.12. The van der Waals surface area contributed by atoms with Gasteiger partial charge in [-0.05, 0) is 25.6 Å². The van der Waals surface area contributed by atoms with Gasteiger partial charge in [0.15, 0.2) is 5.82 Å². The number of benzene rings is 1. The van der Waals surface area contributed by atoms with Crippen LogP contribution < -0.4 is 5.32 Å². The molecule has 2 N–H and O–H groups in total. The van der Waals surface area contributed by atoms with Crippen molar-refractivity contribution in [2.75, 3.05) is 6.54 Å². The smallest absolute Gasteiger partial charge is 0.228 e. The molecule has 1 unspecified atom stereocenters. The number of nitrogens with one attached hydrogen (secondary N) is 2. The van der Waals surface area contributed by atoms with E-state index in [0.29, 0.717) is 24.2 Å². The molecule has 2 heterocycles. The van der Waals surface area contributed by atoms with Crippen LogP contribution in [-0.2, 0) is 12.8 Å². The second-order valence-corrected chi connectivity index (χ2v) is 5.14. The number of likely N-dealkylation sites (N-methyl/N-ethyl adjacent to an activating group) is 1. The van der Waals surface area contributed by atoms with Crippen LogP contribution in [0.3, 0.4) is 0 Å². The van der Waals surface area contributed by atoms with Crippen LogP contribution >= 0.6 is 0 Å². The number of fused-ring (bicyclic) bond motifs is 1. The van der Waals surface area contributed by atoms with Gasteiger partial charge in [0.1, 0.15) is 5.82 Å². The second-order valence-electron chi connectivity index (χ2n) is 5.14. The van der Waals surface area contributed by atoms with E-state index in [1.165, 1.54) is 0 Å². The molecule has 3 aromatic rings. The van der Waals surface area contributed by atoms with Crippen LogP contribution in [0.15, 0.2) is 28.8 Å². The number of hydrogen-bond donors (Lipinski definition) is 2. The number of aromatic nitrogens is 4. The Morgan fingerprint density at radius 1 is 1.29 bits per heavy atom. The lowest BCUT2D eigenvalue weighted by molar-refractivity contribution is 0.359. The zero-order valence-electron chi connectivity index (χ0n) is 12.3. The van der Waals surface area contributed by atoms with Gasteiger partial charge < -0.3 is 14.8 Å². The minimum atomic E-state index is 0.328. The van der Waals surface area contributed by atoms with Gasteiger partial charge in [-0.15, -0.1) is 0 Å². The SMILES string of the molecule is CCNC(C)Cc1nc(Cc2nc3ccccc3[nH]2)no1. The van der Waals surface area contributed by atoms with Crippen LogP contribution in [0.4, 0.5) is 0 Å². The number of nitrogens with zero attached hydrogens (tertiary/aromatic N) is 3. The summed E-state index contributed by atoms with van der Waals surface area (Å²) in [6.07, 6.45) is 1.29. The fraction of sp³-hybridized carbons (Fsp3) is 0.400. The van der Waals surface area contributed by atoms with Crippen LogP contribution in [0.5, 0.6) is 0 Å². The van der Waals surface area contributed by atoms with Crippen molar-refractivity contribution in [3.8, 4) is 0 Å². The number of para-hydroxylation sites is 2. The minimum absolute atomic E-state index is 0.328. The second kappa shape index (κ2) is 6.05. The summed E-state index contributed by atoms with van der Waals surface area (Å²) in [4.78, 5) is 12.2. The zero-order chi connectivity index (χ0) is 14.7. The molecule has 0 fully saturated rings. The first-order valence-corrected chi connectivity index (χ1v) is 7.23. The third-order valence-electron chi connectivity index (χ3n) is 3.31. The Bertz CT molecular complexity index is 685. The zero-order valence-corrected chi connectivity index (χ0v) is 12.3. The predicted molar refractivity (Wildman–Crippen MR) is 80.0 cm³/mol. The van der Waals surface area contributed by atoms with Gasteiger partial charge in [-0.3, -0.25) is 0 Å². The Labute approximate surface area is 123 Å². The van der Waals surface area contributed by atoms with Crippen molar-refractivity contribution in [1.29, 1.82) is 0 Å². The van der Waals surface area contributed by atoms with Crippen LogP contribution in [0, 0.1) is 0 Å². The summed E-state index contributed by atoms with van der Waals surface area (Å²) in [6, 6.07) is 8.27. The van der Waals surface area contributed by atoms with Gasteiger partial charge in [-0.25, -0.2) is 4.98 Å². The van der Waals surface area contributed by atoms with Crippen LogP contribution in [0.25, 0.3) is 11.0 Å². The predicted octanol–water partition coefficient (Wildman–Crippen LogP) is 2.08. The summed E-state index contributed by atoms with van der Waals surface area (Å²) in [7, 11) is 0. The molecule has 0 spiro atoms. The van der Waals surface area contributed by atoms with E-state index < -0.39 is 0 Å². The Morgan fingerprint density at radius 3 is 2.95 bits per heavy atom. The molecule has 0 aliphatic rings. The molecule has 0 radical (unpaired) electrons. The lowest BCUT2D eigenvalue weighted by Gasteiger charge is -2.07. The maximum absolute atomic E-state index is 5.29. The Morgan fingerprint density at radius 2 is 2.14 bits per heavy atom. The van der Waals surface area contributed by atoms with E-state index in [2.05, 4.69) is 39.3 Å². The number of hydrogen-bond acceptors (Lipinski definition) is 5. The van der Waals surface area contributed by atoms with Crippen molar-refractivity contribution >= 4 is 11.0 Å². The highest BCUT2D eigenvalue weighted by molar-refractivity contribution is 5.74. The van der Waals surface area contributed by atoms with Gasteiger partial charge in [0.05, 0.1) is 17.5 Å². The molecule has 0 aliphatic heterocycles. The molecule has 6 nitrogen and oxygen atoms in total. The summed E-state index contributed by atoms with van der Waals surface area (Å²) < 4.78 is 5.29. The summed E-state index contributed by atoms with van der Waals surface area (Å²) in [5.41, 5.74) is 1.98. The topological polar surface area (TPSA) is 79.6 Å². The first-order valence-electron chi connectivity index (χ1n) is 7.23. The first-order chi connectivity index (χ1) is 10.2. The van der Waals surface area contributed by atoms with Crippen molar-refractivity contribution in [2.24, 2.45) is 0 Å². The number of aromatic amines is 1. The highest BCUT2D eigenvalue weighted by atomic mass is 16.5. The maximum atomic E-state index is 5.29. The standard InChI is InChI=1S/C15H19N5O/c1-3-16-10(2)8-15-19-14(20-21-15)9-13-17-11-6-4-5-7-12(11)18-13/h4-7,10,16H,3,8-9H2,1-2H3,(H,17,18).